The summed E-state index contributed by atoms with van der Waals surface area (Å²) in [6, 6.07) is 0. The van der Waals surface area contributed by atoms with Gasteiger partial charge in [0.25, 0.3) is 0 Å². The molecule has 0 aliphatic heterocycles. The van der Waals surface area contributed by atoms with Gasteiger partial charge in [-0.1, -0.05) is 0 Å². The molecule has 0 aliphatic rings. The second-order valence-electron chi connectivity index (χ2n) is 3.83. The lowest BCUT2D eigenvalue weighted by Gasteiger charge is -2.04. The average Bonchev–Trinajstić information content (AvgIpc) is 2.83. The van der Waals surface area contributed by atoms with E-state index >= 15 is 0 Å². The summed E-state index contributed by atoms with van der Waals surface area (Å²) in [6.45, 7) is 0.449. The van der Waals surface area contributed by atoms with Gasteiger partial charge in [0.1, 0.15) is 0 Å². The van der Waals surface area contributed by atoms with Gasteiger partial charge in [-0.25, -0.2) is 4.98 Å². The first-order valence-corrected chi connectivity index (χ1v) is 6.78. The zero-order chi connectivity index (χ0) is 13.1. The molecule has 96 valence electrons. The van der Waals surface area contributed by atoms with Crippen LogP contribution in [0.4, 0.5) is 0 Å². The highest BCUT2D eigenvalue weighted by Gasteiger charge is 2.05. The molecule has 0 bridgehead atoms. The maximum absolute atomic E-state index is 11.7. The third-order valence-corrected chi connectivity index (χ3v) is 3.77. The number of alkyl halides is 1. The molecular weight excluding hydrogens is 274 g/mol. The molecule has 0 spiro atoms. The molecule has 0 N–H and O–H groups in total. The lowest BCUT2D eigenvalue weighted by molar-refractivity contribution is 0.633. The van der Waals surface area contributed by atoms with Gasteiger partial charge in [0, 0.05) is 37.8 Å². The van der Waals surface area contributed by atoms with E-state index in [0.717, 1.165) is 10.7 Å². The topological polar surface area (TPSA) is 56.9 Å². The molecule has 0 aliphatic carbocycles. The Morgan fingerprint density at radius 3 is 2.78 bits per heavy atom. The van der Waals surface area contributed by atoms with E-state index in [2.05, 4.69) is 4.98 Å². The third-order valence-electron chi connectivity index (χ3n) is 2.54. The normalized spacial score (nSPS) is 10.8. The van der Waals surface area contributed by atoms with E-state index in [4.69, 9.17) is 11.6 Å². The van der Waals surface area contributed by atoms with Gasteiger partial charge in [-0.05, 0) is 0 Å². The van der Waals surface area contributed by atoms with Crippen molar-refractivity contribution in [3.8, 4) is 0 Å². The fourth-order valence-electron chi connectivity index (χ4n) is 1.51. The van der Waals surface area contributed by atoms with Crippen LogP contribution < -0.4 is 11.1 Å². The Balaban J connectivity index is 2.13. The Kier molecular flexibility index (Phi) is 3.98. The van der Waals surface area contributed by atoms with Gasteiger partial charge in [-0.15, -0.1) is 22.9 Å². The number of rotatable bonds is 4. The summed E-state index contributed by atoms with van der Waals surface area (Å²) in [5.74, 6) is 0.391. The van der Waals surface area contributed by atoms with Crippen LogP contribution in [-0.2, 0) is 25.9 Å². The lowest BCUT2D eigenvalue weighted by Crippen LogP contribution is -2.39. The Bertz CT molecular complexity index is 659. The monoisotopic (exact) mass is 285 g/mol. The molecule has 2 heterocycles. The predicted octanol–water partition coefficient (Wildman–Crippen LogP) is 0.985. The quantitative estimate of drug-likeness (QED) is 0.622. The smallest absolute Gasteiger partial charge is 0.312 e. The lowest BCUT2D eigenvalue weighted by atomic mass is 10.4. The number of hydrogen-bond acceptors (Lipinski definition) is 4. The SMILES string of the molecule is Cn1ccn(CCc2nc(CCl)cs2)c(=O)c1=O. The molecule has 0 fully saturated rings. The van der Waals surface area contributed by atoms with Crippen molar-refractivity contribution in [1.29, 1.82) is 0 Å². The van der Waals surface area contributed by atoms with E-state index in [0.29, 0.717) is 18.8 Å². The van der Waals surface area contributed by atoms with Crippen LogP contribution in [0.25, 0.3) is 0 Å². The van der Waals surface area contributed by atoms with Crippen molar-refractivity contribution in [3.05, 3.63) is 49.2 Å². The summed E-state index contributed by atoms with van der Waals surface area (Å²) >= 11 is 7.18. The molecule has 0 unspecified atom stereocenters. The molecule has 0 amide bonds. The van der Waals surface area contributed by atoms with Gasteiger partial charge in [0.2, 0.25) is 0 Å². The number of nitrogens with zero attached hydrogens (tertiary/aromatic N) is 3. The van der Waals surface area contributed by atoms with Crippen molar-refractivity contribution in [1.82, 2.24) is 14.1 Å². The number of aryl methyl sites for hydroxylation is 3. The highest BCUT2D eigenvalue weighted by atomic mass is 35.5. The first-order chi connectivity index (χ1) is 8.61. The molecule has 0 atom stereocenters. The molecule has 18 heavy (non-hydrogen) atoms. The second kappa shape index (κ2) is 5.49. The molecule has 0 radical (unpaired) electrons. The zero-order valence-corrected chi connectivity index (χ0v) is 11.4. The molecule has 0 saturated carbocycles. The van der Waals surface area contributed by atoms with Gasteiger partial charge >= 0.3 is 11.1 Å². The molecule has 5 nitrogen and oxygen atoms in total. The van der Waals surface area contributed by atoms with Crippen LogP contribution in [0.2, 0.25) is 0 Å². The summed E-state index contributed by atoms with van der Waals surface area (Å²) in [4.78, 5) is 27.4. The minimum atomic E-state index is -0.516. The molecule has 2 aromatic rings. The summed E-state index contributed by atoms with van der Waals surface area (Å²) in [5.41, 5.74) is -0.180. The van der Waals surface area contributed by atoms with Gasteiger partial charge in [-0.3, -0.25) is 9.59 Å². The highest BCUT2D eigenvalue weighted by molar-refractivity contribution is 7.09. The molecule has 2 aromatic heterocycles. The standard InChI is InChI=1S/C11H12ClN3O2S/c1-14-4-5-15(11(17)10(14)16)3-2-9-13-8(6-12)7-18-9/h4-5,7H,2-3,6H2,1H3. The maximum Gasteiger partial charge on any atom is 0.316 e. The van der Waals surface area contributed by atoms with E-state index in [1.165, 1.54) is 20.5 Å². The van der Waals surface area contributed by atoms with Gasteiger partial charge in [0.05, 0.1) is 16.6 Å². The van der Waals surface area contributed by atoms with E-state index in [-0.39, 0.29) is 0 Å². The van der Waals surface area contributed by atoms with Crippen molar-refractivity contribution in [3.63, 3.8) is 0 Å². The summed E-state index contributed by atoms with van der Waals surface area (Å²) in [6.07, 6.45) is 3.81. The number of aromatic nitrogens is 3. The number of halogens is 1. The fraction of sp³-hybridized carbons (Fsp3) is 0.364. The Hall–Kier alpha value is -1.40. The fourth-order valence-corrected chi connectivity index (χ4v) is 2.52. The average molecular weight is 286 g/mol. The van der Waals surface area contributed by atoms with Crippen LogP contribution in [0.1, 0.15) is 10.7 Å². The Labute approximate surface area is 112 Å². The summed E-state index contributed by atoms with van der Waals surface area (Å²) < 4.78 is 2.68. The molecule has 0 saturated heterocycles. The first-order valence-electron chi connectivity index (χ1n) is 5.37. The van der Waals surface area contributed by atoms with E-state index in [9.17, 15) is 9.59 Å². The number of hydrogen-bond donors (Lipinski definition) is 0. The summed E-state index contributed by atoms with van der Waals surface area (Å²) in [7, 11) is 1.56. The predicted molar refractivity (Wildman–Crippen MR) is 71.3 cm³/mol. The van der Waals surface area contributed by atoms with E-state index < -0.39 is 11.1 Å². The van der Waals surface area contributed by atoms with Crippen LogP contribution in [0.15, 0.2) is 27.4 Å². The molecular formula is C11H12ClN3O2S. The zero-order valence-electron chi connectivity index (χ0n) is 9.80. The minimum absolute atomic E-state index is 0.391. The summed E-state index contributed by atoms with van der Waals surface area (Å²) in [5, 5.41) is 2.81. The number of thiazole rings is 1. The van der Waals surface area contributed by atoms with Crippen molar-refractivity contribution in [2.24, 2.45) is 7.05 Å². The van der Waals surface area contributed by atoms with Crippen LogP contribution in [0, 0.1) is 0 Å². The van der Waals surface area contributed by atoms with Crippen molar-refractivity contribution < 1.29 is 0 Å². The third kappa shape index (κ3) is 2.70. The Morgan fingerprint density at radius 2 is 2.11 bits per heavy atom. The van der Waals surface area contributed by atoms with Crippen LogP contribution in [0.3, 0.4) is 0 Å². The maximum atomic E-state index is 11.7. The largest absolute Gasteiger partial charge is 0.316 e. The highest BCUT2D eigenvalue weighted by Crippen LogP contribution is 2.12. The van der Waals surface area contributed by atoms with Crippen LogP contribution >= 0.6 is 22.9 Å². The minimum Gasteiger partial charge on any atom is -0.312 e. The van der Waals surface area contributed by atoms with Gasteiger partial charge in [0.15, 0.2) is 0 Å². The Morgan fingerprint density at radius 1 is 1.33 bits per heavy atom. The van der Waals surface area contributed by atoms with Crippen LogP contribution in [0.5, 0.6) is 0 Å². The van der Waals surface area contributed by atoms with Crippen molar-refractivity contribution >= 4 is 22.9 Å². The van der Waals surface area contributed by atoms with E-state index in [1.807, 2.05) is 5.38 Å². The van der Waals surface area contributed by atoms with Crippen molar-refractivity contribution in [2.45, 2.75) is 18.8 Å². The van der Waals surface area contributed by atoms with Gasteiger partial charge < -0.3 is 9.13 Å². The molecule has 2 rings (SSSR count). The van der Waals surface area contributed by atoms with E-state index in [1.54, 1.807) is 19.4 Å². The first kappa shape index (κ1) is 13.0. The second-order valence-corrected chi connectivity index (χ2v) is 5.04. The van der Waals surface area contributed by atoms with Crippen molar-refractivity contribution in [2.75, 3.05) is 0 Å². The van der Waals surface area contributed by atoms with Crippen LogP contribution in [-0.4, -0.2) is 14.1 Å². The van der Waals surface area contributed by atoms with Gasteiger partial charge in [-0.2, -0.15) is 0 Å². The molecule has 7 heteroatoms. The molecule has 0 aromatic carbocycles.